The molecule has 0 unspecified atom stereocenters. The standard InChI is InChI=1S/C15H23N3O2S/c16-8-13-7-14(9-18(13)12-3-4-12)21(19,20)17-10-15(5-6-15)11-1-2-11/h7,9,11-12,17H,1-6,8,10,16H2. The number of hydrogen-bond donors (Lipinski definition) is 2. The fraction of sp³-hybridized carbons (Fsp3) is 0.733. The third-order valence-electron chi connectivity index (χ3n) is 5.32. The summed E-state index contributed by atoms with van der Waals surface area (Å²) in [5, 5.41) is 0. The highest BCUT2D eigenvalue weighted by molar-refractivity contribution is 7.89. The quantitative estimate of drug-likeness (QED) is 0.805. The van der Waals surface area contributed by atoms with E-state index in [4.69, 9.17) is 5.73 Å². The lowest BCUT2D eigenvalue weighted by atomic mass is 10.0. The van der Waals surface area contributed by atoms with Crippen molar-refractivity contribution in [3.05, 3.63) is 18.0 Å². The summed E-state index contributed by atoms with van der Waals surface area (Å²) in [5.74, 6) is 0.760. The zero-order valence-electron chi connectivity index (χ0n) is 12.2. The molecule has 6 heteroatoms. The van der Waals surface area contributed by atoms with E-state index in [0.717, 1.165) is 24.5 Å². The van der Waals surface area contributed by atoms with Crippen molar-refractivity contribution in [3.8, 4) is 0 Å². The lowest BCUT2D eigenvalue weighted by Gasteiger charge is -2.14. The summed E-state index contributed by atoms with van der Waals surface area (Å²) >= 11 is 0. The van der Waals surface area contributed by atoms with E-state index in [1.807, 2.05) is 4.57 Å². The second kappa shape index (κ2) is 4.57. The van der Waals surface area contributed by atoms with Gasteiger partial charge in [0.15, 0.2) is 0 Å². The Kier molecular flexibility index (Phi) is 3.00. The van der Waals surface area contributed by atoms with Gasteiger partial charge in [0.2, 0.25) is 10.0 Å². The summed E-state index contributed by atoms with van der Waals surface area (Å²) in [6, 6.07) is 2.19. The zero-order chi connectivity index (χ0) is 14.7. The molecule has 3 aliphatic rings. The van der Waals surface area contributed by atoms with E-state index in [1.54, 1.807) is 12.3 Å². The second-order valence-electron chi connectivity index (χ2n) is 6.97. The minimum Gasteiger partial charge on any atom is -0.346 e. The summed E-state index contributed by atoms with van der Waals surface area (Å²) in [4.78, 5) is 0.376. The van der Waals surface area contributed by atoms with Gasteiger partial charge in [0.05, 0.1) is 4.90 Å². The monoisotopic (exact) mass is 309 g/mol. The van der Waals surface area contributed by atoms with Gasteiger partial charge in [-0.2, -0.15) is 0 Å². The molecule has 3 fully saturated rings. The Morgan fingerprint density at radius 2 is 2.00 bits per heavy atom. The van der Waals surface area contributed by atoms with Crippen LogP contribution in [0.2, 0.25) is 0 Å². The minimum atomic E-state index is -3.40. The van der Waals surface area contributed by atoms with Crippen molar-refractivity contribution in [1.82, 2.24) is 9.29 Å². The van der Waals surface area contributed by atoms with Crippen LogP contribution in [0.1, 0.15) is 50.3 Å². The first-order valence-corrected chi connectivity index (χ1v) is 9.43. The van der Waals surface area contributed by atoms with Crippen molar-refractivity contribution < 1.29 is 8.42 Å². The largest absolute Gasteiger partial charge is 0.346 e. The first kappa shape index (κ1) is 13.8. The summed E-state index contributed by atoms with van der Waals surface area (Å²) in [6.07, 6.45) is 8.92. The van der Waals surface area contributed by atoms with Gasteiger partial charge in [-0.25, -0.2) is 13.1 Å². The smallest absolute Gasteiger partial charge is 0.242 e. The summed E-state index contributed by atoms with van der Waals surface area (Å²) < 4.78 is 29.9. The van der Waals surface area contributed by atoms with Crippen molar-refractivity contribution in [2.75, 3.05) is 6.54 Å². The average Bonchev–Trinajstić information content (AvgIpc) is 3.32. The highest BCUT2D eigenvalue weighted by Gasteiger charge is 2.53. The lowest BCUT2D eigenvalue weighted by molar-refractivity contribution is 0.432. The van der Waals surface area contributed by atoms with Crippen LogP contribution in [0.15, 0.2) is 17.2 Å². The Hall–Kier alpha value is -0.850. The average molecular weight is 309 g/mol. The van der Waals surface area contributed by atoms with E-state index in [9.17, 15) is 8.42 Å². The maximum atomic E-state index is 12.5. The lowest BCUT2D eigenvalue weighted by Crippen LogP contribution is -2.31. The molecular formula is C15H23N3O2S. The van der Waals surface area contributed by atoms with Crippen molar-refractivity contribution in [2.45, 2.75) is 56.0 Å². The molecule has 1 heterocycles. The van der Waals surface area contributed by atoms with E-state index in [1.165, 1.54) is 25.7 Å². The molecular weight excluding hydrogens is 286 g/mol. The Morgan fingerprint density at radius 3 is 2.52 bits per heavy atom. The van der Waals surface area contributed by atoms with Gasteiger partial charge in [-0.15, -0.1) is 0 Å². The van der Waals surface area contributed by atoms with Crippen molar-refractivity contribution in [1.29, 1.82) is 0 Å². The fourth-order valence-corrected chi connectivity index (χ4v) is 4.60. The van der Waals surface area contributed by atoms with Crippen LogP contribution < -0.4 is 10.5 Å². The molecule has 0 atom stereocenters. The molecule has 0 aliphatic heterocycles. The van der Waals surface area contributed by atoms with Crippen LogP contribution in [0.25, 0.3) is 0 Å². The molecule has 0 spiro atoms. The van der Waals surface area contributed by atoms with Crippen LogP contribution in [-0.2, 0) is 16.6 Å². The van der Waals surface area contributed by atoms with Crippen LogP contribution in [0.3, 0.4) is 0 Å². The first-order chi connectivity index (χ1) is 10.0. The van der Waals surface area contributed by atoms with Gasteiger partial charge in [0.1, 0.15) is 0 Å². The van der Waals surface area contributed by atoms with Gasteiger partial charge in [0.25, 0.3) is 0 Å². The molecule has 0 amide bonds. The van der Waals surface area contributed by atoms with Crippen molar-refractivity contribution in [3.63, 3.8) is 0 Å². The highest BCUT2D eigenvalue weighted by Crippen LogP contribution is 2.60. The van der Waals surface area contributed by atoms with Crippen molar-refractivity contribution in [2.24, 2.45) is 17.1 Å². The Bertz CT molecular complexity index is 652. The molecule has 1 aromatic rings. The number of nitrogens with one attached hydrogen (secondary N) is 1. The molecule has 3 saturated carbocycles. The normalized spacial score (nSPS) is 24.2. The maximum Gasteiger partial charge on any atom is 0.242 e. The molecule has 0 saturated heterocycles. The zero-order valence-corrected chi connectivity index (χ0v) is 13.0. The van der Waals surface area contributed by atoms with Gasteiger partial charge in [0, 0.05) is 31.0 Å². The Morgan fingerprint density at radius 1 is 1.29 bits per heavy atom. The fourth-order valence-electron chi connectivity index (χ4n) is 3.41. The van der Waals surface area contributed by atoms with Gasteiger partial charge < -0.3 is 10.3 Å². The molecule has 1 aromatic heterocycles. The number of nitrogens with two attached hydrogens (primary N) is 1. The van der Waals surface area contributed by atoms with E-state index < -0.39 is 10.0 Å². The predicted octanol–water partition coefficient (Wildman–Crippen LogP) is 1.75. The van der Waals surface area contributed by atoms with Crippen LogP contribution >= 0.6 is 0 Å². The third kappa shape index (κ3) is 2.53. The molecule has 0 aromatic carbocycles. The van der Waals surface area contributed by atoms with E-state index in [-0.39, 0.29) is 5.41 Å². The third-order valence-corrected chi connectivity index (χ3v) is 6.68. The highest BCUT2D eigenvalue weighted by atomic mass is 32.2. The van der Waals surface area contributed by atoms with Gasteiger partial charge >= 0.3 is 0 Å². The molecule has 21 heavy (non-hydrogen) atoms. The number of nitrogens with zero attached hydrogens (tertiary/aromatic N) is 1. The summed E-state index contributed by atoms with van der Waals surface area (Å²) in [6.45, 7) is 0.991. The molecule has 4 rings (SSSR count). The Labute approximate surface area is 125 Å². The molecule has 116 valence electrons. The predicted molar refractivity (Wildman–Crippen MR) is 80.2 cm³/mol. The maximum absolute atomic E-state index is 12.5. The van der Waals surface area contributed by atoms with Gasteiger partial charge in [-0.3, -0.25) is 0 Å². The number of hydrogen-bond acceptors (Lipinski definition) is 3. The Balaban J connectivity index is 1.51. The molecule has 3 aliphatic carbocycles. The van der Waals surface area contributed by atoms with E-state index in [0.29, 0.717) is 24.0 Å². The molecule has 0 bridgehead atoms. The topological polar surface area (TPSA) is 77.1 Å². The first-order valence-electron chi connectivity index (χ1n) is 7.95. The van der Waals surface area contributed by atoms with Gasteiger partial charge in [-0.05, 0) is 55.9 Å². The second-order valence-corrected chi connectivity index (χ2v) is 8.74. The number of rotatable bonds is 7. The van der Waals surface area contributed by atoms with Crippen LogP contribution in [0, 0.1) is 11.3 Å². The molecule has 3 N–H and O–H groups in total. The number of aromatic nitrogens is 1. The summed E-state index contributed by atoms with van der Waals surface area (Å²) in [7, 11) is -3.40. The van der Waals surface area contributed by atoms with Gasteiger partial charge in [-0.1, -0.05) is 0 Å². The van der Waals surface area contributed by atoms with E-state index in [2.05, 4.69) is 4.72 Å². The molecule has 5 nitrogen and oxygen atoms in total. The minimum absolute atomic E-state index is 0.281. The van der Waals surface area contributed by atoms with Crippen LogP contribution in [0.5, 0.6) is 0 Å². The summed E-state index contributed by atoms with van der Waals surface area (Å²) in [5.41, 5.74) is 6.94. The van der Waals surface area contributed by atoms with E-state index >= 15 is 0 Å². The van der Waals surface area contributed by atoms with Crippen molar-refractivity contribution >= 4 is 10.0 Å². The SMILES string of the molecule is NCc1cc(S(=O)(=O)NCC2(C3CC3)CC2)cn1C1CC1. The van der Waals surface area contributed by atoms with Crippen LogP contribution in [-0.4, -0.2) is 19.5 Å². The number of sulfonamides is 1. The van der Waals surface area contributed by atoms with Crippen LogP contribution in [0.4, 0.5) is 0 Å². The molecule has 0 radical (unpaired) electrons.